The zero-order valence-corrected chi connectivity index (χ0v) is 17.4. The number of carboxylic acid groups (broad SMARTS) is 1. The van der Waals surface area contributed by atoms with E-state index in [2.05, 4.69) is 4.90 Å². The number of ether oxygens (including phenoxy) is 2. The Morgan fingerprint density at radius 2 is 1.85 bits per heavy atom. The number of alkyl halides is 3. The summed E-state index contributed by atoms with van der Waals surface area (Å²) in [5.41, 5.74) is 0.0479. The number of nitrogens with zero attached hydrogens (tertiary/aromatic N) is 2. The first-order valence-corrected chi connectivity index (χ1v) is 9.90. The summed E-state index contributed by atoms with van der Waals surface area (Å²) >= 11 is 0. The number of furan rings is 1. The Kier molecular flexibility index (Phi) is 7.72. The minimum atomic E-state index is -5.08. The quantitative estimate of drug-likeness (QED) is 0.684. The molecule has 1 amide bonds. The first-order chi connectivity index (χ1) is 15.6. The third-order valence-corrected chi connectivity index (χ3v) is 5.02. The number of rotatable bonds is 3. The van der Waals surface area contributed by atoms with Gasteiger partial charge >= 0.3 is 12.1 Å². The Morgan fingerprint density at radius 3 is 2.45 bits per heavy atom. The van der Waals surface area contributed by atoms with E-state index in [1.54, 1.807) is 23.3 Å². The number of aliphatic carboxylic acids is 1. The maximum atomic E-state index is 13.2. The topological polar surface area (TPSA) is 92.4 Å². The number of anilines is 1. The average molecular weight is 474 g/mol. The number of amides is 1. The lowest BCUT2D eigenvalue weighted by molar-refractivity contribution is -0.192. The molecular weight excluding hydrogens is 452 g/mol. The van der Waals surface area contributed by atoms with Gasteiger partial charge in [-0.15, -0.1) is 0 Å². The van der Waals surface area contributed by atoms with Gasteiger partial charge in [-0.05, 0) is 36.4 Å². The molecule has 1 N–H and O–H groups in total. The summed E-state index contributed by atoms with van der Waals surface area (Å²) < 4.78 is 62.1. The molecule has 3 heterocycles. The minimum Gasteiger partial charge on any atom is -0.475 e. The first-order valence-electron chi connectivity index (χ1n) is 9.90. The number of benzene rings is 1. The van der Waals surface area contributed by atoms with E-state index in [1.165, 1.54) is 12.1 Å². The van der Waals surface area contributed by atoms with E-state index in [0.717, 1.165) is 12.3 Å². The van der Waals surface area contributed by atoms with Crippen molar-refractivity contribution in [3.8, 4) is 0 Å². The summed E-state index contributed by atoms with van der Waals surface area (Å²) in [7, 11) is 0. The van der Waals surface area contributed by atoms with Crippen LogP contribution < -0.4 is 4.90 Å². The fraction of sp³-hybridized carbons (Fsp3) is 0.429. The van der Waals surface area contributed by atoms with Crippen LogP contribution in [-0.4, -0.2) is 73.1 Å². The Labute approximate surface area is 186 Å². The molecule has 12 heteroatoms. The molecule has 0 radical (unpaired) electrons. The zero-order chi connectivity index (χ0) is 24.1. The van der Waals surface area contributed by atoms with Gasteiger partial charge in [0.05, 0.1) is 32.6 Å². The molecule has 4 rings (SSSR count). The second kappa shape index (κ2) is 10.3. The zero-order valence-electron chi connectivity index (χ0n) is 17.4. The molecule has 2 aliphatic heterocycles. The van der Waals surface area contributed by atoms with Gasteiger partial charge in [0, 0.05) is 18.8 Å². The average Bonchev–Trinajstić information content (AvgIpc) is 3.18. The van der Waals surface area contributed by atoms with Gasteiger partial charge in [0.25, 0.3) is 5.91 Å². The van der Waals surface area contributed by atoms with Crippen molar-refractivity contribution >= 4 is 17.6 Å². The van der Waals surface area contributed by atoms with Crippen LogP contribution in [0, 0.1) is 5.82 Å². The van der Waals surface area contributed by atoms with Gasteiger partial charge in [-0.1, -0.05) is 0 Å². The predicted octanol–water partition coefficient (Wildman–Crippen LogP) is 2.69. The Balaban J connectivity index is 0.000000383. The van der Waals surface area contributed by atoms with Crippen molar-refractivity contribution < 1.29 is 46.1 Å². The highest BCUT2D eigenvalue weighted by molar-refractivity contribution is 5.95. The number of hydrogen-bond donors (Lipinski definition) is 1. The van der Waals surface area contributed by atoms with Gasteiger partial charge in [-0.3, -0.25) is 9.69 Å². The molecule has 0 bridgehead atoms. The molecule has 1 spiro atoms. The monoisotopic (exact) mass is 474 g/mol. The molecule has 0 aliphatic carbocycles. The molecule has 33 heavy (non-hydrogen) atoms. The van der Waals surface area contributed by atoms with Crippen LogP contribution in [0.2, 0.25) is 0 Å². The van der Waals surface area contributed by atoms with E-state index in [1.807, 2.05) is 12.1 Å². The van der Waals surface area contributed by atoms with Crippen LogP contribution in [0.4, 0.5) is 23.2 Å². The van der Waals surface area contributed by atoms with Gasteiger partial charge in [0.1, 0.15) is 23.8 Å². The molecule has 1 aromatic heterocycles. The number of carbonyl (C=O) groups is 2. The Morgan fingerprint density at radius 1 is 1.15 bits per heavy atom. The van der Waals surface area contributed by atoms with Crippen LogP contribution in [0.25, 0.3) is 0 Å². The summed E-state index contributed by atoms with van der Waals surface area (Å²) in [5.74, 6) is -2.34. The molecule has 1 unspecified atom stereocenters. The lowest BCUT2D eigenvalue weighted by Gasteiger charge is -2.43. The molecule has 2 fully saturated rings. The van der Waals surface area contributed by atoms with Crippen LogP contribution in [0.15, 0.2) is 47.1 Å². The SMILES string of the molecule is O=C(O)C(F)(F)F.O=C1COC2(COCCN(Cc3ccco3)C2)CN1c1ccc(F)cc1. The van der Waals surface area contributed by atoms with E-state index in [9.17, 15) is 22.4 Å². The van der Waals surface area contributed by atoms with Gasteiger partial charge in [-0.2, -0.15) is 13.2 Å². The maximum absolute atomic E-state index is 13.2. The normalized spacial score (nSPS) is 21.9. The highest BCUT2D eigenvalue weighted by Crippen LogP contribution is 2.28. The lowest BCUT2D eigenvalue weighted by Crippen LogP contribution is -2.60. The van der Waals surface area contributed by atoms with Crippen LogP contribution in [0.1, 0.15) is 5.76 Å². The summed E-state index contributed by atoms with van der Waals surface area (Å²) in [6.07, 6.45) is -3.43. The molecule has 2 saturated heterocycles. The smallest absolute Gasteiger partial charge is 0.475 e. The van der Waals surface area contributed by atoms with Gasteiger partial charge in [0.15, 0.2) is 0 Å². The second-order valence-corrected chi connectivity index (χ2v) is 7.57. The van der Waals surface area contributed by atoms with Crippen LogP contribution >= 0.6 is 0 Å². The van der Waals surface area contributed by atoms with Gasteiger partial charge < -0.3 is 23.9 Å². The summed E-state index contributed by atoms with van der Waals surface area (Å²) in [4.78, 5) is 25.1. The molecule has 2 aromatic rings. The van der Waals surface area contributed by atoms with Gasteiger partial charge in [-0.25, -0.2) is 9.18 Å². The lowest BCUT2D eigenvalue weighted by atomic mass is 10.0. The van der Waals surface area contributed by atoms with Crippen LogP contribution in [0.5, 0.6) is 0 Å². The van der Waals surface area contributed by atoms with E-state index in [0.29, 0.717) is 38.5 Å². The number of hydrogen-bond acceptors (Lipinski definition) is 6. The van der Waals surface area contributed by atoms with Crippen molar-refractivity contribution in [2.75, 3.05) is 44.4 Å². The van der Waals surface area contributed by atoms with Crippen molar-refractivity contribution in [1.29, 1.82) is 0 Å². The minimum absolute atomic E-state index is 0.0185. The molecule has 0 saturated carbocycles. The third kappa shape index (κ3) is 6.76. The molecule has 1 aromatic carbocycles. The fourth-order valence-electron chi connectivity index (χ4n) is 3.50. The van der Waals surface area contributed by atoms with E-state index in [4.69, 9.17) is 23.8 Å². The first kappa shape index (κ1) is 24.7. The Bertz CT molecular complexity index is 935. The maximum Gasteiger partial charge on any atom is 0.490 e. The van der Waals surface area contributed by atoms with Crippen LogP contribution in [-0.2, 0) is 25.6 Å². The van der Waals surface area contributed by atoms with Gasteiger partial charge in [0.2, 0.25) is 0 Å². The van der Waals surface area contributed by atoms with Crippen molar-refractivity contribution in [3.63, 3.8) is 0 Å². The Hall–Kier alpha value is -2.96. The number of morpholine rings is 1. The second-order valence-electron chi connectivity index (χ2n) is 7.57. The number of halogens is 4. The number of carboxylic acids is 1. The van der Waals surface area contributed by atoms with E-state index < -0.39 is 17.7 Å². The molecule has 2 aliphatic rings. The molecule has 1 atom stereocenters. The van der Waals surface area contributed by atoms with Crippen molar-refractivity contribution in [2.45, 2.75) is 18.3 Å². The highest BCUT2D eigenvalue weighted by Gasteiger charge is 2.43. The summed E-state index contributed by atoms with van der Waals surface area (Å²) in [5, 5.41) is 7.12. The highest BCUT2D eigenvalue weighted by atomic mass is 19.4. The molecule has 8 nitrogen and oxygen atoms in total. The fourth-order valence-corrected chi connectivity index (χ4v) is 3.50. The summed E-state index contributed by atoms with van der Waals surface area (Å²) in [6.45, 7) is 3.39. The molecular formula is C21H22F4N2O6. The van der Waals surface area contributed by atoms with Crippen LogP contribution in [0.3, 0.4) is 0 Å². The third-order valence-electron chi connectivity index (χ3n) is 5.02. The van der Waals surface area contributed by atoms with Crippen molar-refractivity contribution in [3.05, 3.63) is 54.2 Å². The van der Waals surface area contributed by atoms with E-state index in [-0.39, 0.29) is 18.3 Å². The summed E-state index contributed by atoms with van der Waals surface area (Å²) in [6, 6.07) is 9.75. The van der Waals surface area contributed by atoms with Crippen molar-refractivity contribution in [1.82, 2.24) is 4.90 Å². The van der Waals surface area contributed by atoms with E-state index >= 15 is 0 Å². The number of carbonyl (C=O) groups excluding carboxylic acids is 1. The largest absolute Gasteiger partial charge is 0.490 e. The van der Waals surface area contributed by atoms with Crippen molar-refractivity contribution in [2.24, 2.45) is 0 Å². The molecule has 180 valence electrons. The standard InChI is InChI=1S/C19H21FN2O4.C2HF3O2/c20-15-3-5-16(6-4-15)22-13-19(26-11-18(22)23)12-21(7-9-24-14-19)10-17-2-1-8-25-17;3-2(4,5)1(6)7/h1-6,8H,7,9-14H2;(H,6,7). The predicted molar refractivity (Wildman–Crippen MR) is 106 cm³/mol.